The molecular formula is C26H24N2O4. The minimum Gasteiger partial charge on any atom is -0.457 e. The Balaban J connectivity index is 1.50. The van der Waals surface area contributed by atoms with Crippen molar-refractivity contribution in [3.8, 4) is 11.5 Å². The number of anilines is 1. The first kappa shape index (κ1) is 21.3. The summed E-state index contributed by atoms with van der Waals surface area (Å²) >= 11 is 0. The van der Waals surface area contributed by atoms with Gasteiger partial charge in [-0.25, -0.2) is 0 Å². The summed E-state index contributed by atoms with van der Waals surface area (Å²) in [6.45, 7) is 3.91. The van der Waals surface area contributed by atoms with Crippen molar-refractivity contribution in [2.45, 2.75) is 26.3 Å². The predicted octanol–water partition coefficient (Wildman–Crippen LogP) is 5.13. The summed E-state index contributed by atoms with van der Waals surface area (Å²) in [5.74, 6) is 0.192. The predicted molar refractivity (Wildman–Crippen MR) is 122 cm³/mol. The van der Waals surface area contributed by atoms with Crippen molar-refractivity contribution < 1.29 is 19.1 Å². The standard InChI is InChI=1S/C26H24N2O4/c1-17(2)16-23(28-25(30)21-10-6-7-11-22(21)26(28)31)24(29)27-18-12-14-20(15-13-18)32-19-8-4-3-5-9-19/h3-15,17,23H,16H2,1-2H3,(H,27,29)/t23-/m0/s1. The van der Waals surface area contributed by atoms with E-state index >= 15 is 0 Å². The Morgan fingerprint density at radius 3 is 1.91 bits per heavy atom. The lowest BCUT2D eigenvalue weighted by Gasteiger charge is -2.26. The molecule has 1 N–H and O–H groups in total. The van der Waals surface area contributed by atoms with Gasteiger partial charge in [0.25, 0.3) is 11.8 Å². The molecule has 0 bridgehead atoms. The Hall–Kier alpha value is -3.93. The Bertz CT molecular complexity index is 1110. The summed E-state index contributed by atoms with van der Waals surface area (Å²) in [5, 5.41) is 2.84. The Kier molecular flexibility index (Phi) is 6.03. The molecular weight excluding hydrogens is 404 g/mol. The molecule has 0 aromatic heterocycles. The second-order valence-electron chi connectivity index (χ2n) is 8.10. The van der Waals surface area contributed by atoms with Crippen LogP contribution in [0.15, 0.2) is 78.9 Å². The molecule has 32 heavy (non-hydrogen) atoms. The molecule has 0 saturated carbocycles. The number of amides is 3. The van der Waals surface area contributed by atoms with Crippen LogP contribution in [0, 0.1) is 5.92 Å². The summed E-state index contributed by atoms with van der Waals surface area (Å²) in [6, 6.07) is 22.1. The number of para-hydroxylation sites is 1. The number of rotatable bonds is 7. The van der Waals surface area contributed by atoms with E-state index in [9.17, 15) is 14.4 Å². The van der Waals surface area contributed by atoms with Crippen LogP contribution >= 0.6 is 0 Å². The molecule has 3 aromatic carbocycles. The molecule has 1 aliphatic rings. The van der Waals surface area contributed by atoms with Gasteiger partial charge in [0.15, 0.2) is 0 Å². The molecule has 1 aliphatic heterocycles. The summed E-state index contributed by atoms with van der Waals surface area (Å²) in [4.78, 5) is 40.1. The third kappa shape index (κ3) is 4.39. The maximum atomic E-state index is 13.2. The number of imide groups is 1. The molecule has 6 heteroatoms. The normalized spacial score (nSPS) is 13.8. The van der Waals surface area contributed by atoms with Gasteiger partial charge in [-0.3, -0.25) is 19.3 Å². The topological polar surface area (TPSA) is 75.7 Å². The number of nitrogens with zero attached hydrogens (tertiary/aromatic N) is 1. The van der Waals surface area contributed by atoms with Crippen LogP contribution in [0.2, 0.25) is 0 Å². The van der Waals surface area contributed by atoms with Crippen molar-refractivity contribution >= 4 is 23.4 Å². The monoisotopic (exact) mass is 428 g/mol. The van der Waals surface area contributed by atoms with E-state index in [2.05, 4.69) is 5.32 Å². The fraction of sp³-hybridized carbons (Fsp3) is 0.192. The van der Waals surface area contributed by atoms with E-state index in [4.69, 9.17) is 4.74 Å². The highest BCUT2D eigenvalue weighted by Crippen LogP contribution is 2.28. The average Bonchev–Trinajstić information content (AvgIpc) is 3.04. The van der Waals surface area contributed by atoms with Crippen LogP contribution in [0.3, 0.4) is 0 Å². The van der Waals surface area contributed by atoms with Crippen LogP contribution in [-0.2, 0) is 4.79 Å². The third-order valence-electron chi connectivity index (χ3n) is 5.24. The van der Waals surface area contributed by atoms with E-state index in [0.29, 0.717) is 34.7 Å². The zero-order valence-corrected chi connectivity index (χ0v) is 17.9. The van der Waals surface area contributed by atoms with Gasteiger partial charge in [-0.15, -0.1) is 0 Å². The molecule has 162 valence electrons. The number of benzene rings is 3. The highest BCUT2D eigenvalue weighted by molar-refractivity contribution is 6.23. The third-order valence-corrected chi connectivity index (χ3v) is 5.24. The number of hydrogen-bond acceptors (Lipinski definition) is 4. The van der Waals surface area contributed by atoms with E-state index in [1.165, 1.54) is 0 Å². The van der Waals surface area contributed by atoms with Gasteiger partial charge in [0.2, 0.25) is 5.91 Å². The Labute approximate surface area is 186 Å². The van der Waals surface area contributed by atoms with E-state index in [-0.39, 0.29) is 5.92 Å². The van der Waals surface area contributed by atoms with Crippen LogP contribution < -0.4 is 10.1 Å². The van der Waals surface area contributed by atoms with Gasteiger partial charge >= 0.3 is 0 Å². The van der Waals surface area contributed by atoms with Gasteiger partial charge in [-0.05, 0) is 60.9 Å². The number of hydrogen-bond donors (Lipinski definition) is 1. The van der Waals surface area contributed by atoms with Crippen molar-refractivity contribution in [1.29, 1.82) is 0 Å². The van der Waals surface area contributed by atoms with E-state index in [1.54, 1.807) is 48.5 Å². The molecule has 3 aromatic rings. The van der Waals surface area contributed by atoms with Crippen LogP contribution in [0.25, 0.3) is 0 Å². The zero-order valence-electron chi connectivity index (χ0n) is 17.9. The highest BCUT2D eigenvalue weighted by Gasteiger charge is 2.42. The quantitative estimate of drug-likeness (QED) is 0.530. The summed E-state index contributed by atoms with van der Waals surface area (Å²) in [5.41, 5.74) is 1.23. The van der Waals surface area contributed by atoms with Crippen LogP contribution in [-0.4, -0.2) is 28.7 Å². The average molecular weight is 428 g/mol. The van der Waals surface area contributed by atoms with E-state index < -0.39 is 23.8 Å². The number of carbonyl (C=O) groups excluding carboxylic acids is 3. The largest absolute Gasteiger partial charge is 0.457 e. The summed E-state index contributed by atoms with van der Waals surface area (Å²) < 4.78 is 5.77. The molecule has 0 spiro atoms. The fourth-order valence-electron chi connectivity index (χ4n) is 3.72. The number of nitrogens with one attached hydrogen (secondary N) is 1. The first-order chi connectivity index (χ1) is 15.4. The van der Waals surface area contributed by atoms with Crippen molar-refractivity contribution in [3.05, 3.63) is 90.0 Å². The van der Waals surface area contributed by atoms with Gasteiger partial charge in [0.1, 0.15) is 17.5 Å². The maximum absolute atomic E-state index is 13.2. The molecule has 0 unspecified atom stereocenters. The molecule has 4 rings (SSSR count). The SMILES string of the molecule is CC(C)C[C@@H](C(=O)Nc1ccc(Oc2ccccc2)cc1)N1C(=O)c2ccccc2C1=O. The van der Waals surface area contributed by atoms with Crippen molar-refractivity contribution in [3.63, 3.8) is 0 Å². The number of carbonyl (C=O) groups is 3. The van der Waals surface area contributed by atoms with E-state index in [1.807, 2.05) is 44.2 Å². The maximum Gasteiger partial charge on any atom is 0.262 e. The highest BCUT2D eigenvalue weighted by atomic mass is 16.5. The molecule has 1 atom stereocenters. The van der Waals surface area contributed by atoms with Crippen LogP contribution in [0.5, 0.6) is 11.5 Å². The summed E-state index contributed by atoms with van der Waals surface area (Å²) in [6.07, 6.45) is 0.368. The van der Waals surface area contributed by atoms with Gasteiger partial charge in [0, 0.05) is 5.69 Å². The lowest BCUT2D eigenvalue weighted by Crippen LogP contribution is -2.47. The molecule has 0 saturated heterocycles. The molecule has 1 heterocycles. The van der Waals surface area contributed by atoms with Crippen LogP contribution in [0.1, 0.15) is 41.0 Å². The number of fused-ring (bicyclic) bond motifs is 1. The Morgan fingerprint density at radius 1 is 0.812 bits per heavy atom. The first-order valence-corrected chi connectivity index (χ1v) is 10.5. The van der Waals surface area contributed by atoms with Crippen molar-refractivity contribution in [2.24, 2.45) is 5.92 Å². The lowest BCUT2D eigenvalue weighted by molar-refractivity contribution is -0.120. The molecule has 0 radical (unpaired) electrons. The molecule has 0 aliphatic carbocycles. The molecule has 6 nitrogen and oxygen atoms in total. The molecule has 3 amide bonds. The number of ether oxygens (including phenoxy) is 1. The minimum absolute atomic E-state index is 0.108. The first-order valence-electron chi connectivity index (χ1n) is 10.5. The van der Waals surface area contributed by atoms with Gasteiger partial charge < -0.3 is 10.1 Å². The minimum atomic E-state index is -0.900. The van der Waals surface area contributed by atoms with E-state index in [0.717, 1.165) is 4.90 Å². The smallest absolute Gasteiger partial charge is 0.262 e. The fourth-order valence-corrected chi connectivity index (χ4v) is 3.72. The van der Waals surface area contributed by atoms with Gasteiger partial charge in [-0.2, -0.15) is 0 Å². The molecule has 0 fully saturated rings. The van der Waals surface area contributed by atoms with Gasteiger partial charge in [0.05, 0.1) is 11.1 Å². The summed E-state index contributed by atoms with van der Waals surface area (Å²) in [7, 11) is 0. The van der Waals surface area contributed by atoms with Crippen molar-refractivity contribution in [2.75, 3.05) is 5.32 Å². The Morgan fingerprint density at radius 2 is 1.34 bits per heavy atom. The van der Waals surface area contributed by atoms with Crippen molar-refractivity contribution in [1.82, 2.24) is 4.90 Å². The second-order valence-corrected chi connectivity index (χ2v) is 8.10. The second kappa shape index (κ2) is 9.06. The van der Waals surface area contributed by atoms with Gasteiger partial charge in [-0.1, -0.05) is 44.2 Å². The lowest BCUT2D eigenvalue weighted by atomic mass is 10.0. The zero-order chi connectivity index (χ0) is 22.7. The van der Waals surface area contributed by atoms with Crippen LogP contribution in [0.4, 0.5) is 5.69 Å².